The molecular formula is C32H45NO5S. The number of ether oxygens (including phenoxy) is 1. The minimum absolute atomic E-state index is 0.000393. The molecule has 1 saturated carbocycles. The van der Waals surface area contributed by atoms with E-state index in [9.17, 15) is 19.8 Å². The molecule has 2 N–H and O–H groups in total. The number of rotatable bonds is 7. The molecule has 2 heterocycles. The first-order chi connectivity index (χ1) is 18.3. The molecule has 7 heteroatoms. The first-order valence-electron chi connectivity index (χ1n) is 14.5. The number of hydrogen-bond acceptors (Lipinski definition) is 5. The van der Waals surface area contributed by atoms with Crippen molar-refractivity contribution in [2.24, 2.45) is 23.2 Å². The van der Waals surface area contributed by atoms with Crippen LogP contribution in [-0.4, -0.2) is 46.9 Å². The van der Waals surface area contributed by atoms with Crippen LogP contribution in [0.4, 0.5) is 5.69 Å². The van der Waals surface area contributed by atoms with Gasteiger partial charge < -0.3 is 19.8 Å². The topological polar surface area (TPSA) is 87.1 Å². The number of aromatic carboxylic acids is 1. The molecule has 214 valence electrons. The van der Waals surface area contributed by atoms with Gasteiger partial charge in [-0.2, -0.15) is 0 Å². The van der Waals surface area contributed by atoms with Gasteiger partial charge in [-0.1, -0.05) is 30.4 Å². The molecule has 0 spiro atoms. The van der Waals surface area contributed by atoms with Gasteiger partial charge in [-0.15, -0.1) is 11.3 Å². The van der Waals surface area contributed by atoms with Gasteiger partial charge >= 0.3 is 5.97 Å². The van der Waals surface area contributed by atoms with Crippen LogP contribution in [0.1, 0.15) is 107 Å². The fraction of sp³-hybridized carbons (Fsp3) is 0.688. The summed E-state index contributed by atoms with van der Waals surface area (Å²) in [6.45, 7) is 11.9. The quantitative estimate of drug-likeness (QED) is 0.290. The highest BCUT2D eigenvalue weighted by molar-refractivity contribution is 7.15. The van der Waals surface area contributed by atoms with Crippen LogP contribution in [-0.2, 0) is 9.53 Å². The maximum Gasteiger partial charge on any atom is 0.348 e. The average Bonchev–Trinajstić information content (AvgIpc) is 3.53. The van der Waals surface area contributed by atoms with Crippen molar-refractivity contribution in [3.8, 4) is 11.8 Å². The van der Waals surface area contributed by atoms with Gasteiger partial charge in [-0.25, -0.2) is 4.79 Å². The summed E-state index contributed by atoms with van der Waals surface area (Å²) in [5.74, 6) is 5.84. The third-order valence-electron chi connectivity index (χ3n) is 8.63. The normalized spacial score (nSPS) is 29.3. The fourth-order valence-corrected chi connectivity index (χ4v) is 7.11. The first-order valence-corrected chi connectivity index (χ1v) is 15.4. The van der Waals surface area contributed by atoms with E-state index in [1.54, 1.807) is 11.0 Å². The number of anilines is 1. The van der Waals surface area contributed by atoms with Crippen molar-refractivity contribution in [2.45, 2.75) is 104 Å². The Morgan fingerprint density at radius 3 is 2.54 bits per heavy atom. The number of carbonyl (C=O) groups is 2. The van der Waals surface area contributed by atoms with E-state index < -0.39 is 11.6 Å². The van der Waals surface area contributed by atoms with Crippen molar-refractivity contribution in [3.63, 3.8) is 0 Å². The molecule has 1 amide bonds. The number of aliphatic hydroxyl groups is 1. The monoisotopic (exact) mass is 555 g/mol. The van der Waals surface area contributed by atoms with E-state index in [1.165, 1.54) is 5.57 Å². The lowest BCUT2D eigenvalue weighted by molar-refractivity contribution is -0.125. The molecule has 2 fully saturated rings. The van der Waals surface area contributed by atoms with Crippen LogP contribution in [0, 0.1) is 35.0 Å². The lowest BCUT2D eigenvalue weighted by Gasteiger charge is -2.43. The first kappa shape index (κ1) is 29.8. The van der Waals surface area contributed by atoms with Gasteiger partial charge in [0.25, 0.3) is 0 Å². The van der Waals surface area contributed by atoms with E-state index >= 15 is 0 Å². The molecular weight excluding hydrogens is 510 g/mol. The number of amides is 1. The maximum atomic E-state index is 14.3. The summed E-state index contributed by atoms with van der Waals surface area (Å²) in [5, 5.41) is 21.5. The molecule has 2 aliphatic carbocycles. The van der Waals surface area contributed by atoms with Crippen LogP contribution >= 0.6 is 11.3 Å². The standard InChI is InChI=1S/C32H45NO5S/c1-21-6-7-26(22(2)18-21)29(34)33(27-19-25(11-13-31(3,4)5)39-28(27)30(35)36)24-9-15-32(37,16-10-24)14-8-23-12-17-38-20-23/h6,19,22-24,26,37H,7-10,12,14-18,20H2,1-5H3,(H,35,36)/t22-,23-,24?,26?,32?/m0/s1. The fourth-order valence-electron chi connectivity index (χ4n) is 6.27. The number of thiophene rings is 1. The second kappa shape index (κ2) is 12.2. The Labute approximate surface area is 237 Å². The van der Waals surface area contributed by atoms with Gasteiger partial charge in [-0.3, -0.25) is 4.79 Å². The Morgan fingerprint density at radius 2 is 1.95 bits per heavy atom. The summed E-state index contributed by atoms with van der Waals surface area (Å²) in [7, 11) is 0. The molecule has 1 aromatic rings. The number of allylic oxidation sites excluding steroid dienone is 2. The van der Waals surface area contributed by atoms with Crippen molar-refractivity contribution in [3.05, 3.63) is 27.5 Å². The SMILES string of the molecule is CC1=CCC(C(=O)N(c2cc(C#CC(C)(C)C)sc2C(=O)O)C2CCC(O)(CC[C@H]3CCOC3)CC2)[C@@H](C)C1. The number of nitrogens with zero attached hydrogens (tertiary/aromatic N) is 1. The molecule has 1 aliphatic heterocycles. The number of hydrogen-bond donors (Lipinski definition) is 2. The summed E-state index contributed by atoms with van der Waals surface area (Å²) >= 11 is 1.15. The van der Waals surface area contributed by atoms with Gasteiger partial charge in [0, 0.05) is 30.6 Å². The Kier molecular flexibility index (Phi) is 9.30. The smallest absolute Gasteiger partial charge is 0.348 e. The molecule has 0 aromatic carbocycles. The summed E-state index contributed by atoms with van der Waals surface area (Å²) in [5.41, 5.74) is 0.811. The largest absolute Gasteiger partial charge is 0.477 e. The molecule has 39 heavy (non-hydrogen) atoms. The van der Waals surface area contributed by atoms with E-state index in [2.05, 4.69) is 31.8 Å². The predicted octanol–water partition coefficient (Wildman–Crippen LogP) is 6.66. The number of carboxylic acids is 1. The van der Waals surface area contributed by atoms with Gasteiger partial charge in [0.1, 0.15) is 4.88 Å². The van der Waals surface area contributed by atoms with Crippen LogP contribution in [0.25, 0.3) is 0 Å². The Hall–Kier alpha value is -2.14. The molecule has 0 bridgehead atoms. The van der Waals surface area contributed by atoms with Gasteiger partial charge in [0.15, 0.2) is 0 Å². The molecule has 1 unspecified atom stereocenters. The number of carboxylic acid groups (broad SMARTS) is 1. The average molecular weight is 556 g/mol. The van der Waals surface area contributed by atoms with Crippen LogP contribution in [0.3, 0.4) is 0 Å². The Balaban J connectivity index is 1.62. The van der Waals surface area contributed by atoms with E-state index in [0.29, 0.717) is 48.6 Å². The van der Waals surface area contributed by atoms with Crippen LogP contribution in [0.15, 0.2) is 17.7 Å². The molecule has 4 rings (SSSR count). The second-order valence-electron chi connectivity index (χ2n) is 13.1. The highest BCUT2D eigenvalue weighted by atomic mass is 32.1. The maximum absolute atomic E-state index is 14.3. The zero-order chi connectivity index (χ0) is 28.4. The molecule has 1 aromatic heterocycles. The molecule has 6 nitrogen and oxygen atoms in total. The van der Waals surface area contributed by atoms with Crippen LogP contribution in [0.5, 0.6) is 0 Å². The lowest BCUT2D eigenvalue weighted by Crippen LogP contribution is -2.50. The molecule has 3 atom stereocenters. The van der Waals surface area contributed by atoms with Crippen molar-refractivity contribution in [1.82, 2.24) is 0 Å². The molecule has 0 radical (unpaired) electrons. The zero-order valence-electron chi connectivity index (χ0n) is 24.2. The summed E-state index contributed by atoms with van der Waals surface area (Å²) < 4.78 is 5.51. The van der Waals surface area contributed by atoms with E-state index in [1.807, 2.05) is 20.8 Å². The van der Waals surface area contributed by atoms with Crippen molar-refractivity contribution >= 4 is 28.9 Å². The number of carbonyl (C=O) groups excluding carboxylic acids is 1. The Bertz CT molecular complexity index is 1140. The third-order valence-corrected chi connectivity index (χ3v) is 9.65. The zero-order valence-corrected chi connectivity index (χ0v) is 25.0. The van der Waals surface area contributed by atoms with Crippen molar-refractivity contribution in [1.29, 1.82) is 0 Å². The van der Waals surface area contributed by atoms with Crippen molar-refractivity contribution in [2.75, 3.05) is 18.1 Å². The van der Waals surface area contributed by atoms with E-state index in [0.717, 1.165) is 50.2 Å². The van der Waals surface area contributed by atoms with Gasteiger partial charge in [0.05, 0.1) is 16.2 Å². The van der Waals surface area contributed by atoms with Crippen molar-refractivity contribution < 1.29 is 24.5 Å². The highest BCUT2D eigenvalue weighted by Crippen LogP contribution is 2.42. The van der Waals surface area contributed by atoms with Gasteiger partial charge in [-0.05, 0) is 103 Å². The summed E-state index contributed by atoms with van der Waals surface area (Å²) in [6, 6.07) is 1.66. The Morgan fingerprint density at radius 1 is 1.23 bits per heavy atom. The van der Waals surface area contributed by atoms with E-state index in [4.69, 9.17) is 4.74 Å². The predicted molar refractivity (Wildman–Crippen MR) is 156 cm³/mol. The summed E-state index contributed by atoms with van der Waals surface area (Å²) in [4.78, 5) is 29.3. The van der Waals surface area contributed by atoms with Crippen LogP contribution < -0.4 is 4.90 Å². The lowest BCUT2D eigenvalue weighted by atomic mass is 9.76. The minimum atomic E-state index is -1.03. The molecule has 1 saturated heterocycles. The highest BCUT2D eigenvalue weighted by Gasteiger charge is 2.41. The second-order valence-corrected chi connectivity index (χ2v) is 14.2. The third kappa shape index (κ3) is 7.54. The molecule has 3 aliphatic rings. The van der Waals surface area contributed by atoms with Crippen LogP contribution in [0.2, 0.25) is 0 Å². The van der Waals surface area contributed by atoms with E-state index in [-0.39, 0.29) is 34.1 Å². The summed E-state index contributed by atoms with van der Waals surface area (Å²) in [6.07, 6.45) is 8.98. The van der Waals surface area contributed by atoms with Gasteiger partial charge in [0.2, 0.25) is 5.91 Å². The minimum Gasteiger partial charge on any atom is -0.477 e.